The second-order valence-electron chi connectivity index (χ2n) is 8.29. The number of hydrogen-bond acceptors (Lipinski definition) is 5. The Kier molecular flexibility index (Phi) is 7.50. The normalized spacial score (nSPS) is 15.0. The van der Waals surface area contributed by atoms with E-state index in [9.17, 15) is 9.59 Å². The average molecular weight is 478 g/mol. The summed E-state index contributed by atoms with van der Waals surface area (Å²) in [6, 6.07) is 22.3. The van der Waals surface area contributed by atoms with Gasteiger partial charge in [-0.2, -0.15) is 0 Å². The Morgan fingerprint density at radius 1 is 0.941 bits per heavy atom. The Morgan fingerprint density at radius 3 is 2.26 bits per heavy atom. The second kappa shape index (κ2) is 10.7. The fourth-order valence-corrected chi connectivity index (χ4v) is 4.63. The van der Waals surface area contributed by atoms with Crippen LogP contribution in [0.3, 0.4) is 0 Å². The number of piperazine rings is 1. The zero-order valence-corrected chi connectivity index (χ0v) is 20.1. The lowest BCUT2D eigenvalue weighted by Gasteiger charge is -2.39. The second-order valence-corrected chi connectivity index (χ2v) is 8.70. The summed E-state index contributed by atoms with van der Waals surface area (Å²) < 4.78 is 5.08. The lowest BCUT2D eigenvalue weighted by Crippen LogP contribution is -2.49. The number of methoxy groups -OCH3 is 1. The van der Waals surface area contributed by atoms with Crippen LogP contribution in [-0.4, -0.2) is 50.1 Å². The van der Waals surface area contributed by atoms with Gasteiger partial charge in [0, 0.05) is 37.4 Å². The Morgan fingerprint density at radius 2 is 1.62 bits per heavy atom. The first-order valence-corrected chi connectivity index (χ1v) is 11.6. The van der Waals surface area contributed by atoms with E-state index >= 15 is 0 Å². The Hall–Kier alpha value is -3.35. The number of rotatable bonds is 6. The van der Waals surface area contributed by atoms with E-state index in [1.165, 1.54) is 7.11 Å². The minimum Gasteiger partial charge on any atom is -0.468 e. The third kappa shape index (κ3) is 5.24. The van der Waals surface area contributed by atoms with Gasteiger partial charge in [0.05, 0.1) is 17.8 Å². The van der Waals surface area contributed by atoms with Crippen LogP contribution in [-0.2, 0) is 9.53 Å². The molecule has 1 saturated heterocycles. The van der Waals surface area contributed by atoms with Crippen molar-refractivity contribution in [1.82, 2.24) is 4.90 Å². The average Bonchev–Trinajstić information content (AvgIpc) is 2.85. The van der Waals surface area contributed by atoms with Gasteiger partial charge in [0.25, 0.3) is 5.91 Å². The predicted octanol–water partition coefficient (Wildman–Crippen LogP) is 4.94. The van der Waals surface area contributed by atoms with Gasteiger partial charge in [-0.15, -0.1) is 0 Å². The Bertz CT molecular complexity index is 1160. The zero-order valence-electron chi connectivity index (χ0n) is 19.3. The molecule has 1 atom stereocenters. The first kappa shape index (κ1) is 23.8. The molecule has 3 aromatic carbocycles. The van der Waals surface area contributed by atoms with E-state index in [-0.39, 0.29) is 11.9 Å². The summed E-state index contributed by atoms with van der Waals surface area (Å²) in [5.41, 5.74) is 4.04. The summed E-state index contributed by atoms with van der Waals surface area (Å²) in [6.07, 6.45) is 0. The van der Waals surface area contributed by atoms with Crippen LogP contribution in [0, 0.1) is 6.92 Å². The van der Waals surface area contributed by atoms with Gasteiger partial charge in [0.2, 0.25) is 0 Å². The molecule has 1 fully saturated rings. The Labute approximate surface area is 205 Å². The number of carbonyl (C=O) groups is 2. The summed E-state index contributed by atoms with van der Waals surface area (Å²) >= 11 is 6.61. The third-order valence-corrected chi connectivity index (χ3v) is 6.46. The van der Waals surface area contributed by atoms with Crippen molar-refractivity contribution in [2.24, 2.45) is 0 Å². The first-order valence-electron chi connectivity index (χ1n) is 11.3. The summed E-state index contributed by atoms with van der Waals surface area (Å²) in [7, 11) is 1.42. The van der Waals surface area contributed by atoms with E-state index in [1.54, 1.807) is 12.1 Å². The van der Waals surface area contributed by atoms with Crippen LogP contribution < -0.4 is 10.2 Å². The van der Waals surface area contributed by atoms with Crippen molar-refractivity contribution in [2.75, 3.05) is 43.5 Å². The van der Waals surface area contributed by atoms with Crippen molar-refractivity contribution in [3.8, 4) is 0 Å². The van der Waals surface area contributed by atoms with Gasteiger partial charge in [0.15, 0.2) is 0 Å². The van der Waals surface area contributed by atoms with Gasteiger partial charge in [-0.25, -0.2) is 4.79 Å². The van der Waals surface area contributed by atoms with E-state index in [0.717, 1.165) is 29.9 Å². The maximum absolute atomic E-state index is 12.6. The molecule has 0 aromatic heterocycles. The number of aryl methyl sites for hydroxylation is 1. The number of amides is 1. The van der Waals surface area contributed by atoms with Crippen LogP contribution in [0.5, 0.6) is 0 Å². The molecule has 0 spiro atoms. The number of anilines is 2. The number of ether oxygens (including phenoxy) is 1. The number of nitrogens with one attached hydrogen (secondary N) is 1. The molecule has 1 unspecified atom stereocenters. The van der Waals surface area contributed by atoms with E-state index in [1.807, 2.05) is 67.6 Å². The van der Waals surface area contributed by atoms with Crippen LogP contribution in [0.15, 0.2) is 72.8 Å². The topological polar surface area (TPSA) is 61.9 Å². The van der Waals surface area contributed by atoms with Crippen molar-refractivity contribution in [1.29, 1.82) is 0 Å². The molecular weight excluding hydrogens is 450 g/mol. The molecule has 34 heavy (non-hydrogen) atoms. The quantitative estimate of drug-likeness (QED) is 0.510. The van der Waals surface area contributed by atoms with Gasteiger partial charge < -0.3 is 15.0 Å². The van der Waals surface area contributed by atoms with E-state index in [2.05, 4.69) is 15.1 Å². The van der Waals surface area contributed by atoms with E-state index in [4.69, 9.17) is 16.3 Å². The number of benzene rings is 3. The molecule has 7 heteroatoms. The van der Waals surface area contributed by atoms with Crippen LogP contribution in [0.25, 0.3) is 0 Å². The molecule has 1 N–H and O–H groups in total. The summed E-state index contributed by atoms with van der Waals surface area (Å²) in [5, 5.41) is 3.50. The maximum Gasteiger partial charge on any atom is 0.327 e. The molecule has 0 aliphatic carbocycles. The summed E-state index contributed by atoms with van der Waals surface area (Å²) in [6.45, 7) is 4.73. The maximum atomic E-state index is 12.6. The third-order valence-electron chi connectivity index (χ3n) is 6.16. The molecule has 1 aliphatic heterocycles. The Balaban J connectivity index is 1.43. The molecule has 1 aliphatic rings. The molecule has 0 saturated carbocycles. The standard InChI is InChI=1S/C27H28ClN3O3/c1-19-8-6-7-11-22(19)26(32)29-21-12-13-24(23(28)18-21)30-14-16-31(17-15-30)25(27(33)34-2)20-9-4-3-5-10-20/h3-13,18,25H,14-17H2,1-2H3,(H,29,32). The van der Waals surface area contributed by atoms with Crippen LogP contribution >= 0.6 is 11.6 Å². The van der Waals surface area contributed by atoms with Crippen molar-refractivity contribution in [3.05, 3.63) is 94.5 Å². The molecular formula is C27H28ClN3O3. The molecule has 4 rings (SSSR count). The summed E-state index contributed by atoms with van der Waals surface area (Å²) in [5.74, 6) is -0.420. The fraction of sp³-hybridized carbons (Fsp3) is 0.259. The number of esters is 1. The first-order chi connectivity index (χ1) is 16.5. The van der Waals surface area contributed by atoms with Gasteiger partial charge in [-0.05, 0) is 42.3 Å². The highest BCUT2D eigenvalue weighted by Gasteiger charge is 2.31. The number of hydrogen-bond donors (Lipinski definition) is 1. The fourth-order valence-electron chi connectivity index (χ4n) is 4.33. The molecule has 0 radical (unpaired) electrons. The highest BCUT2D eigenvalue weighted by molar-refractivity contribution is 6.33. The minimum absolute atomic E-state index is 0.162. The molecule has 1 amide bonds. The summed E-state index contributed by atoms with van der Waals surface area (Å²) in [4.78, 5) is 29.5. The van der Waals surface area contributed by atoms with Crippen molar-refractivity contribution in [3.63, 3.8) is 0 Å². The zero-order chi connectivity index (χ0) is 24.1. The van der Waals surface area contributed by atoms with Crippen LogP contribution in [0.2, 0.25) is 5.02 Å². The highest BCUT2D eigenvalue weighted by atomic mass is 35.5. The monoisotopic (exact) mass is 477 g/mol. The van der Waals surface area contributed by atoms with Gasteiger partial charge in [-0.3, -0.25) is 9.69 Å². The van der Waals surface area contributed by atoms with Crippen molar-refractivity contribution in [2.45, 2.75) is 13.0 Å². The lowest BCUT2D eigenvalue weighted by atomic mass is 10.0. The van der Waals surface area contributed by atoms with Crippen molar-refractivity contribution >= 4 is 34.9 Å². The molecule has 176 valence electrons. The van der Waals surface area contributed by atoms with Gasteiger partial charge >= 0.3 is 5.97 Å². The van der Waals surface area contributed by atoms with Gasteiger partial charge in [-0.1, -0.05) is 60.1 Å². The lowest BCUT2D eigenvalue weighted by molar-refractivity contribution is -0.147. The van der Waals surface area contributed by atoms with Crippen LogP contribution in [0.4, 0.5) is 11.4 Å². The molecule has 1 heterocycles. The van der Waals surface area contributed by atoms with E-state index in [0.29, 0.717) is 29.4 Å². The number of halogens is 1. The largest absolute Gasteiger partial charge is 0.468 e. The highest BCUT2D eigenvalue weighted by Crippen LogP contribution is 2.31. The molecule has 3 aromatic rings. The predicted molar refractivity (Wildman–Crippen MR) is 136 cm³/mol. The number of nitrogens with zero attached hydrogens (tertiary/aromatic N) is 2. The molecule has 0 bridgehead atoms. The smallest absolute Gasteiger partial charge is 0.327 e. The van der Waals surface area contributed by atoms with Crippen LogP contribution in [0.1, 0.15) is 27.5 Å². The minimum atomic E-state index is -0.428. The SMILES string of the molecule is COC(=O)C(c1ccccc1)N1CCN(c2ccc(NC(=O)c3ccccc3C)cc2Cl)CC1. The number of carbonyl (C=O) groups excluding carboxylic acids is 2. The van der Waals surface area contributed by atoms with Crippen molar-refractivity contribution < 1.29 is 14.3 Å². The van der Waals surface area contributed by atoms with Gasteiger partial charge in [0.1, 0.15) is 6.04 Å². The van der Waals surface area contributed by atoms with E-state index < -0.39 is 6.04 Å². The molecule has 6 nitrogen and oxygen atoms in total.